The van der Waals surface area contributed by atoms with E-state index in [9.17, 15) is 8.78 Å². The highest BCUT2D eigenvalue weighted by Crippen LogP contribution is 2.07. The molecule has 0 aliphatic heterocycles. The summed E-state index contributed by atoms with van der Waals surface area (Å²) in [5.74, 6) is -1.04. The summed E-state index contributed by atoms with van der Waals surface area (Å²) >= 11 is 0. The van der Waals surface area contributed by atoms with Gasteiger partial charge >= 0.3 is 0 Å². The molecule has 1 rings (SSSR count). The van der Waals surface area contributed by atoms with Crippen LogP contribution in [0.15, 0.2) is 18.2 Å². The van der Waals surface area contributed by atoms with Gasteiger partial charge in [-0.3, -0.25) is 0 Å². The summed E-state index contributed by atoms with van der Waals surface area (Å²) in [4.78, 5) is 2.14. The van der Waals surface area contributed by atoms with Gasteiger partial charge in [-0.1, -0.05) is 0 Å². The van der Waals surface area contributed by atoms with E-state index in [0.29, 0.717) is 12.1 Å². The van der Waals surface area contributed by atoms with Gasteiger partial charge in [0.2, 0.25) is 0 Å². The van der Waals surface area contributed by atoms with Gasteiger partial charge in [-0.2, -0.15) is 0 Å². The number of unbranched alkanes of at least 4 members (excludes halogenated alkanes) is 1. The topological polar surface area (TPSA) is 15.3 Å². The Labute approximate surface area is 102 Å². The van der Waals surface area contributed by atoms with E-state index in [0.717, 1.165) is 32.0 Å². The van der Waals surface area contributed by atoms with E-state index < -0.39 is 11.6 Å². The van der Waals surface area contributed by atoms with Crippen molar-refractivity contribution >= 4 is 0 Å². The summed E-state index contributed by atoms with van der Waals surface area (Å²) in [6.07, 6.45) is 2.19. The van der Waals surface area contributed by atoms with Crippen LogP contribution in [-0.2, 0) is 6.54 Å². The van der Waals surface area contributed by atoms with E-state index >= 15 is 0 Å². The maximum absolute atomic E-state index is 12.9. The maximum atomic E-state index is 12.9. The molecule has 4 heteroatoms. The zero-order chi connectivity index (χ0) is 12.7. The Kier molecular flexibility index (Phi) is 6.08. The van der Waals surface area contributed by atoms with Crippen molar-refractivity contribution in [2.24, 2.45) is 0 Å². The lowest BCUT2D eigenvalue weighted by Gasteiger charge is -2.09. The molecule has 1 aromatic rings. The van der Waals surface area contributed by atoms with Gasteiger partial charge in [0.15, 0.2) is 0 Å². The molecule has 0 saturated carbocycles. The molecule has 1 aromatic carbocycles. The molecular weight excluding hydrogens is 222 g/mol. The van der Waals surface area contributed by atoms with Gasteiger partial charge in [-0.25, -0.2) is 8.78 Å². The first-order chi connectivity index (χ1) is 8.08. The van der Waals surface area contributed by atoms with Crippen molar-refractivity contribution < 1.29 is 8.78 Å². The molecule has 0 atom stereocenters. The monoisotopic (exact) mass is 242 g/mol. The van der Waals surface area contributed by atoms with Gasteiger partial charge in [-0.05, 0) is 57.7 Å². The van der Waals surface area contributed by atoms with Crippen molar-refractivity contribution in [2.75, 3.05) is 27.2 Å². The SMILES string of the molecule is CN(C)CCCCNCc1cc(F)cc(F)c1. The van der Waals surface area contributed by atoms with Crippen LogP contribution < -0.4 is 5.32 Å². The van der Waals surface area contributed by atoms with Crippen LogP contribution in [0.3, 0.4) is 0 Å². The molecule has 0 bridgehead atoms. The summed E-state index contributed by atoms with van der Waals surface area (Å²) in [6.45, 7) is 2.44. The van der Waals surface area contributed by atoms with Crippen LogP contribution in [0.5, 0.6) is 0 Å². The van der Waals surface area contributed by atoms with Crippen LogP contribution in [0.25, 0.3) is 0 Å². The molecule has 0 spiro atoms. The molecule has 0 heterocycles. The minimum absolute atomic E-state index is 0.511. The molecular formula is C13H20F2N2. The summed E-state index contributed by atoms with van der Waals surface area (Å²) < 4.78 is 25.7. The third-order valence-electron chi connectivity index (χ3n) is 2.46. The second-order valence-electron chi connectivity index (χ2n) is 4.46. The fraction of sp³-hybridized carbons (Fsp3) is 0.538. The Hall–Kier alpha value is -1.00. The highest BCUT2D eigenvalue weighted by atomic mass is 19.1. The van der Waals surface area contributed by atoms with Crippen molar-refractivity contribution in [3.05, 3.63) is 35.4 Å². The number of benzene rings is 1. The van der Waals surface area contributed by atoms with E-state index in [4.69, 9.17) is 0 Å². The van der Waals surface area contributed by atoms with Gasteiger partial charge in [-0.15, -0.1) is 0 Å². The number of halogens is 2. The Morgan fingerprint density at radius 3 is 2.29 bits per heavy atom. The third kappa shape index (κ3) is 6.34. The Morgan fingerprint density at radius 2 is 1.71 bits per heavy atom. The number of nitrogens with one attached hydrogen (secondary N) is 1. The lowest BCUT2D eigenvalue weighted by Crippen LogP contribution is -2.18. The second-order valence-corrected chi connectivity index (χ2v) is 4.46. The van der Waals surface area contributed by atoms with Crippen LogP contribution in [0.4, 0.5) is 8.78 Å². The van der Waals surface area contributed by atoms with E-state index in [2.05, 4.69) is 10.2 Å². The zero-order valence-electron chi connectivity index (χ0n) is 10.5. The van der Waals surface area contributed by atoms with E-state index in [1.165, 1.54) is 12.1 Å². The largest absolute Gasteiger partial charge is 0.313 e. The minimum Gasteiger partial charge on any atom is -0.313 e. The average Bonchev–Trinajstić information content (AvgIpc) is 2.21. The first-order valence-electron chi connectivity index (χ1n) is 5.88. The molecule has 0 aliphatic rings. The van der Waals surface area contributed by atoms with Crippen molar-refractivity contribution in [1.82, 2.24) is 10.2 Å². The van der Waals surface area contributed by atoms with Gasteiger partial charge < -0.3 is 10.2 Å². The van der Waals surface area contributed by atoms with Crippen LogP contribution in [0, 0.1) is 11.6 Å². The van der Waals surface area contributed by atoms with Gasteiger partial charge in [0.25, 0.3) is 0 Å². The molecule has 0 amide bonds. The average molecular weight is 242 g/mol. The predicted octanol–water partition coefficient (Wildman–Crippen LogP) is 2.40. The summed E-state index contributed by atoms with van der Waals surface area (Å²) in [5, 5.41) is 3.18. The predicted molar refractivity (Wildman–Crippen MR) is 65.9 cm³/mol. The number of hydrogen-bond acceptors (Lipinski definition) is 2. The quantitative estimate of drug-likeness (QED) is 0.739. The number of rotatable bonds is 7. The Bertz CT molecular complexity index is 320. The van der Waals surface area contributed by atoms with Crippen LogP contribution >= 0.6 is 0 Å². The lowest BCUT2D eigenvalue weighted by atomic mass is 10.2. The smallest absolute Gasteiger partial charge is 0.126 e. The molecule has 2 nitrogen and oxygen atoms in total. The highest BCUT2D eigenvalue weighted by molar-refractivity contribution is 5.17. The van der Waals surface area contributed by atoms with Crippen LogP contribution in [0.2, 0.25) is 0 Å². The summed E-state index contributed by atoms with van der Waals surface area (Å²) in [7, 11) is 4.09. The first-order valence-corrected chi connectivity index (χ1v) is 5.88. The van der Waals surface area contributed by atoms with Crippen LogP contribution in [-0.4, -0.2) is 32.1 Å². The highest BCUT2D eigenvalue weighted by Gasteiger charge is 2.00. The Morgan fingerprint density at radius 1 is 1.06 bits per heavy atom. The molecule has 0 unspecified atom stereocenters. The summed E-state index contributed by atoms with van der Waals surface area (Å²) in [6, 6.07) is 3.60. The molecule has 0 aromatic heterocycles. The first kappa shape index (κ1) is 14.1. The molecule has 0 saturated heterocycles. The molecule has 0 fully saturated rings. The molecule has 1 N–H and O–H groups in total. The fourth-order valence-electron chi connectivity index (χ4n) is 1.62. The van der Waals surface area contributed by atoms with E-state index in [1.54, 1.807) is 0 Å². The van der Waals surface area contributed by atoms with Crippen molar-refractivity contribution in [3.8, 4) is 0 Å². The molecule has 96 valence electrons. The number of hydrogen-bond donors (Lipinski definition) is 1. The van der Waals surface area contributed by atoms with Crippen molar-refractivity contribution in [2.45, 2.75) is 19.4 Å². The van der Waals surface area contributed by atoms with Gasteiger partial charge in [0.05, 0.1) is 0 Å². The van der Waals surface area contributed by atoms with E-state index in [-0.39, 0.29) is 0 Å². The molecule has 17 heavy (non-hydrogen) atoms. The van der Waals surface area contributed by atoms with Crippen molar-refractivity contribution in [3.63, 3.8) is 0 Å². The third-order valence-corrected chi connectivity index (χ3v) is 2.46. The van der Waals surface area contributed by atoms with Gasteiger partial charge in [0, 0.05) is 12.6 Å². The normalized spacial score (nSPS) is 11.1. The standard InChI is InChI=1S/C13H20F2N2/c1-17(2)6-4-3-5-16-10-11-7-12(14)9-13(15)8-11/h7-9,16H,3-6,10H2,1-2H3. The van der Waals surface area contributed by atoms with Crippen molar-refractivity contribution in [1.29, 1.82) is 0 Å². The minimum atomic E-state index is -0.519. The summed E-state index contributed by atoms with van der Waals surface area (Å²) in [5.41, 5.74) is 0.648. The lowest BCUT2D eigenvalue weighted by molar-refractivity contribution is 0.391. The second kappa shape index (κ2) is 7.35. The molecule has 0 aliphatic carbocycles. The Balaban J connectivity index is 2.18. The van der Waals surface area contributed by atoms with E-state index in [1.807, 2.05) is 14.1 Å². The van der Waals surface area contributed by atoms with Gasteiger partial charge in [0.1, 0.15) is 11.6 Å². The molecule has 0 radical (unpaired) electrons. The fourth-order valence-corrected chi connectivity index (χ4v) is 1.62. The zero-order valence-corrected chi connectivity index (χ0v) is 10.5. The number of nitrogens with zero attached hydrogens (tertiary/aromatic N) is 1. The van der Waals surface area contributed by atoms with Crippen LogP contribution in [0.1, 0.15) is 18.4 Å². The maximum Gasteiger partial charge on any atom is 0.126 e.